The van der Waals surface area contributed by atoms with Crippen molar-refractivity contribution in [3.05, 3.63) is 70.8 Å². The molecular weight excluding hydrogens is 387 g/mol. The number of carbonyl (C=O) groups excluding carboxylic acids is 1. The average molecular weight is 406 g/mol. The van der Waals surface area contributed by atoms with Gasteiger partial charge in [-0.05, 0) is 42.7 Å². The van der Waals surface area contributed by atoms with Crippen LogP contribution < -0.4 is 0 Å². The Morgan fingerprint density at radius 3 is 2.69 bits per heavy atom. The second kappa shape index (κ2) is 7.40. The minimum Gasteiger partial charge on any atom is -0.334 e. The molecule has 0 atom stereocenters. The molecular formula is C22H19FN4OS. The highest BCUT2D eigenvalue weighted by Gasteiger charge is 2.33. The number of halogens is 1. The van der Waals surface area contributed by atoms with Crippen LogP contribution in [-0.4, -0.2) is 31.4 Å². The van der Waals surface area contributed by atoms with Gasteiger partial charge in [-0.2, -0.15) is 0 Å². The molecule has 0 saturated heterocycles. The van der Waals surface area contributed by atoms with Gasteiger partial charge in [0.05, 0.1) is 16.5 Å². The first-order valence-electron chi connectivity index (χ1n) is 9.57. The van der Waals surface area contributed by atoms with Gasteiger partial charge in [0.15, 0.2) is 5.82 Å². The highest BCUT2D eigenvalue weighted by atomic mass is 32.1. The van der Waals surface area contributed by atoms with Crippen LogP contribution in [0.3, 0.4) is 0 Å². The van der Waals surface area contributed by atoms with Gasteiger partial charge in [0.2, 0.25) is 5.91 Å². The number of rotatable bonds is 6. The number of carbonyl (C=O) groups is 1. The van der Waals surface area contributed by atoms with Gasteiger partial charge >= 0.3 is 0 Å². The molecule has 0 radical (unpaired) electrons. The second-order valence-corrected chi connectivity index (χ2v) is 7.98. The van der Waals surface area contributed by atoms with Gasteiger partial charge in [0.1, 0.15) is 18.1 Å². The van der Waals surface area contributed by atoms with E-state index in [2.05, 4.69) is 4.98 Å². The topological polar surface area (TPSA) is 51.0 Å². The van der Waals surface area contributed by atoms with Gasteiger partial charge < -0.3 is 9.47 Å². The van der Waals surface area contributed by atoms with Crippen LogP contribution in [0.15, 0.2) is 59.4 Å². The monoisotopic (exact) mass is 406 g/mol. The van der Waals surface area contributed by atoms with Gasteiger partial charge in [-0.15, -0.1) is 11.3 Å². The zero-order valence-corrected chi connectivity index (χ0v) is 16.5. The van der Waals surface area contributed by atoms with E-state index in [1.54, 1.807) is 17.6 Å². The SMILES string of the molecule is O=C(Cn1c(-c2cscn2)nc2ccccc21)N(Cc1ccc(F)cc1)C1CC1. The standard InChI is InChI=1S/C22H19FN4OS/c23-16-7-5-15(6-8-16)11-26(17-9-10-17)21(28)12-27-20-4-2-1-3-18(20)25-22(27)19-13-29-14-24-19/h1-8,13-14,17H,9-12H2. The molecule has 0 unspecified atom stereocenters. The largest absolute Gasteiger partial charge is 0.334 e. The molecule has 4 aromatic rings. The van der Waals surface area contributed by atoms with E-state index in [1.807, 2.05) is 39.1 Å². The third kappa shape index (κ3) is 3.65. The fourth-order valence-corrected chi connectivity index (χ4v) is 4.10. The Bertz CT molecular complexity index is 1150. The van der Waals surface area contributed by atoms with Crippen LogP contribution in [-0.2, 0) is 17.9 Å². The fraction of sp³-hybridized carbons (Fsp3) is 0.227. The number of imidazole rings is 1. The van der Waals surface area contributed by atoms with E-state index in [9.17, 15) is 9.18 Å². The van der Waals surface area contributed by atoms with E-state index in [4.69, 9.17) is 4.98 Å². The first-order valence-corrected chi connectivity index (χ1v) is 10.5. The summed E-state index contributed by atoms with van der Waals surface area (Å²) in [6.45, 7) is 0.688. The Morgan fingerprint density at radius 1 is 1.17 bits per heavy atom. The van der Waals surface area contributed by atoms with Crippen molar-refractivity contribution in [2.24, 2.45) is 0 Å². The second-order valence-electron chi connectivity index (χ2n) is 7.26. The summed E-state index contributed by atoms with van der Waals surface area (Å²) >= 11 is 1.51. The first kappa shape index (κ1) is 18.0. The summed E-state index contributed by atoms with van der Waals surface area (Å²) in [4.78, 5) is 24.3. The van der Waals surface area contributed by atoms with Crippen molar-refractivity contribution in [1.29, 1.82) is 0 Å². The number of fused-ring (bicyclic) bond motifs is 1. The van der Waals surface area contributed by atoms with Crippen LogP contribution in [0.5, 0.6) is 0 Å². The van der Waals surface area contributed by atoms with E-state index < -0.39 is 0 Å². The van der Waals surface area contributed by atoms with E-state index in [-0.39, 0.29) is 24.3 Å². The van der Waals surface area contributed by atoms with Gasteiger partial charge in [-0.3, -0.25) is 4.79 Å². The summed E-state index contributed by atoms with van der Waals surface area (Å²) in [5.41, 5.74) is 5.24. The lowest BCUT2D eigenvalue weighted by molar-refractivity contribution is -0.133. The maximum atomic E-state index is 13.3. The van der Waals surface area contributed by atoms with Crippen LogP contribution >= 0.6 is 11.3 Å². The lowest BCUT2D eigenvalue weighted by Crippen LogP contribution is -2.35. The Kier molecular flexibility index (Phi) is 4.60. The molecule has 5 nitrogen and oxygen atoms in total. The van der Waals surface area contributed by atoms with Gasteiger partial charge in [-0.1, -0.05) is 24.3 Å². The van der Waals surface area contributed by atoms with Crippen molar-refractivity contribution < 1.29 is 9.18 Å². The van der Waals surface area contributed by atoms with Crippen LogP contribution in [0.2, 0.25) is 0 Å². The summed E-state index contributed by atoms with van der Waals surface area (Å²) in [5, 5.41) is 1.94. The summed E-state index contributed by atoms with van der Waals surface area (Å²) in [7, 11) is 0. The van der Waals surface area contributed by atoms with E-state index >= 15 is 0 Å². The first-order chi connectivity index (χ1) is 14.2. The van der Waals surface area contributed by atoms with Crippen molar-refractivity contribution >= 4 is 28.3 Å². The number of thiazole rings is 1. The van der Waals surface area contributed by atoms with E-state index in [0.29, 0.717) is 12.4 Å². The highest BCUT2D eigenvalue weighted by molar-refractivity contribution is 7.07. The smallest absolute Gasteiger partial charge is 0.243 e. The number of amides is 1. The molecule has 0 spiro atoms. The number of benzene rings is 2. The van der Waals surface area contributed by atoms with Crippen molar-refractivity contribution in [2.75, 3.05) is 0 Å². The number of hydrogen-bond acceptors (Lipinski definition) is 4. The third-order valence-electron chi connectivity index (χ3n) is 5.18. The number of hydrogen-bond donors (Lipinski definition) is 0. The van der Waals surface area contributed by atoms with E-state index in [1.165, 1.54) is 23.5 Å². The average Bonchev–Trinajstić information content (AvgIpc) is 3.30. The van der Waals surface area contributed by atoms with Crippen molar-refractivity contribution in [3.8, 4) is 11.5 Å². The molecule has 1 aliphatic rings. The zero-order chi connectivity index (χ0) is 19.8. The summed E-state index contributed by atoms with van der Waals surface area (Å²) in [6.07, 6.45) is 2.02. The Labute approximate surface area is 171 Å². The molecule has 0 N–H and O–H groups in total. The zero-order valence-electron chi connectivity index (χ0n) is 15.7. The Balaban J connectivity index is 1.47. The molecule has 1 saturated carbocycles. The predicted octanol–water partition coefficient (Wildman–Crippen LogP) is 4.49. The van der Waals surface area contributed by atoms with Gasteiger partial charge in [0.25, 0.3) is 0 Å². The highest BCUT2D eigenvalue weighted by Crippen LogP contribution is 2.30. The molecule has 2 aromatic carbocycles. The van der Waals surface area contributed by atoms with Gasteiger partial charge in [-0.25, -0.2) is 14.4 Å². The molecule has 0 aliphatic heterocycles. The molecule has 29 heavy (non-hydrogen) atoms. The van der Waals surface area contributed by atoms with Crippen LogP contribution in [0, 0.1) is 5.82 Å². The number of nitrogens with zero attached hydrogens (tertiary/aromatic N) is 4. The van der Waals surface area contributed by atoms with Crippen molar-refractivity contribution in [1.82, 2.24) is 19.4 Å². The minimum absolute atomic E-state index is 0.0384. The molecule has 7 heteroatoms. The number of para-hydroxylation sites is 2. The molecule has 5 rings (SSSR count). The summed E-state index contributed by atoms with van der Waals surface area (Å²) in [5.74, 6) is 0.477. The Morgan fingerprint density at radius 2 is 1.97 bits per heavy atom. The quantitative estimate of drug-likeness (QED) is 0.474. The number of aromatic nitrogens is 3. The maximum absolute atomic E-state index is 13.3. The summed E-state index contributed by atoms with van der Waals surface area (Å²) in [6, 6.07) is 14.4. The Hall–Kier alpha value is -3.06. The predicted molar refractivity (Wildman–Crippen MR) is 111 cm³/mol. The van der Waals surface area contributed by atoms with Gasteiger partial charge in [0, 0.05) is 18.0 Å². The molecule has 2 heterocycles. The molecule has 146 valence electrons. The third-order valence-corrected chi connectivity index (χ3v) is 5.77. The molecule has 2 aromatic heterocycles. The van der Waals surface area contributed by atoms with Crippen LogP contribution in [0.4, 0.5) is 4.39 Å². The van der Waals surface area contributed by atoms with Crippen LogP contribution in [0.1, 0.15) is 18.4 Å². The molecule has 1 aliphatic carbocycles. The minimum atomic E-state index is -0.268. The lowest BCUT2D eigenvalue weighted by atomic mass is 10.2. The lowest BCUT2D eigenvalue weighted by Gasteiger charge is -2.23. The summed E-state index contributed by atoms with van der Waals surface area (Å²) < 4.78 is 15.2. The van der Waals surface area contributed by atoms with E-state index in [0.717, 1.165) is 35.1 Å². The molecule has 0 bridgehead atoms. The van der Waals surface area contributed by atoms with Crippen LogP contribution in [0.25, 0.3) is 22.6 Å². The van der Waals surface area contributed by atoms with Crippen molar-refractivity contribution in [3.63, 3.8) is 0 Å². The normalized spacial score (nSPS) is 13.7. The fourth-order valence-electron chi connectivity index (χ4n) is 3.57. The van der Waals surface area contributed by atoms with Crippen molar-refractivity contribution in [2.45, 2.75) is 32.0 Å². The maximum Gasteiger partial charge on any atom is 0.243 e. The molecule has 1 fully saturated rings. The molecule has 1 amide bonds.